The van der Waals surface area contributed by atoms with Gasteiger partial charge in [0.05, 0.1) is 38.9 Å². The van der Waals surface area contributed by atoms with E-state index in [0.717, 1.165) is 22.8 Å². The van der Waals surface area contributed by atoms with E-state index in [1.54, 1.807) is 0 Å². The van der Waals surface area contributed by atoms with Gasteiger partial charge in [0, 0.05) is 12.1 Å². The van der Waals surface area contributed by atoms with Gasteiger partial charge < -0.3 is 5.32 Å². The molecule has 3 rings (SSSR count). The molecule has 7 nitrogen and oxygen atoms in total. The first-order valence-corrected chi connectivity index (χ1v) is 7.58. The number of para-hydroxylation sites is 1. The van der Waals surface area contributed by atoms with Crippen molar-refractivity contribution in [2.75, 3.05) is 5.32 Å². The molecule has 0 spiro atoms. The third-order valence-electron chi connectivity index (χ3n) is 3.89. The van der Waals surface area contributed by atoms with E-state index in [4.69, 9.17) is 0 Å². The summed E-state index contributed by atoms with van der Waals surface area (Å²) in [5.74, 6) is 0. The summed E-state index contributed by atoms with van der Waals surface area (Å²) in [4.78, 5) is 10.4. The van der Waals surface area contributed by atoms with Gasteiger partial charge in [0.1, 0.15) is 6.07 Å². The predicted octanol–water partition coefficient (Wildman–Crippen LogP) is 4.01. The highest BCUT2D eigenvalue weighted by molar-refractivity contribution is 5.71. The second-order valence-corrected chi connectivity index (χ2v) is 5.52. The number of nitro groups is 1. The molecule has 0 saturated heterocycles. The summed E-state index contributed by atoms with van der Waals surface area (Å²) >= 11 is 0. The molecule has 0 radical (unpaired) electrons. The molecule has 0 fully saturated rings. The second-order valence-electron chi connectivity index (χ2n) is 5.52. The molecule has 124 valence electrons. The minimum Gasteiger partial charge on any atom is -0.351 e. The minimum absolute atomic E-state index is 0.115. The topological polar surface area (TPSA) is 96.8 Å². The smallest absolute Gasteiger partial charge is 0.270 e. The van der Waals surface area contributed by atoms with Crippen molar-refractivity contribution in [1.82, 2.24) is 9.78 Å². The lowest BCUT2D eigenvalue weighted by molar-refractivity contribution is -0.384. The molecule has 0 unspecified atom stereocenters. The number of aryl methyl sites for hydroxylation is 1. The maximum absolute atomic E-state index is 10.9. The number of nitrogens with zero attached hydrogens (tertiary/aromatic N) is 4. The van der Waals surface area contributed by atoms with E-state index in [1.807, 2.05) is 54.9 Å². The lowest BCUT2D eigenvalue weighted by Gasteiger charge is -2.09. The predicted molar refractivity (Wildman–Crippen MR) is 94.1 cm³/mol. The van der Waals surface area contributed by atoms with Crippen LogP contribution in [-0.2, 0) is 0 Å². The van der Waals surface area contributed by atoms with Crippen LogP contribution in [0.1, 0.15) is 17.0 Å². The van der Waals surface area contributed by atoms with E-state index in [0.29, 0.717) is 5.69 Å². The van der Waals surface area contributed by atoms with Crippen molar-refractivity contribution in [2.24, 2.45) is 0 Å². The lowest BCUT2D eigenvalue weighted by Crippen LogP contribution is -2.00. The van der Waals surface area contributed by atoms with Crippen molar-refractivity contribution in [3.05, 3.63) is 75.6 Å². The van der Waals surface area contributed by atoms with E-state index in [1.165, 1.54) is 18.2 Å². The number of aromatic nitrogens is 2. The number of rotatable bonds is 4. The van der Waals surface area contributed by atoms with E-state index >= 15 is 0 Å². The Bertz CT molecular complexity index is 987. The molecule has 0 atom stereocenters. The first kappa shape index (κ1) is 16.2. The molecule has 0 aliphatic carbocycles. The fourth-order valence-electron chi connectivity index (χ4n) is 2.63. The van der Waals surface area contributed by atoms with Crippen molar-refractivity contribution in [1.29, 1.82) is 5.26 Å². The van der Waals surface area contributed by atoms with E-state index in [-0.39, 0.29) is 11.3 Å². The van der Waals surface area contributed by atoms with Gasteiger partial charge in [-0.15, -0.1) is 0 Å². The van der Waals surface area contributed by atoms with Crippen LogP contribution >= 0.6 is 0 Å². The Labute approximate surface area is 144 Å². The number of hydrogen-bond donors (Lipinski definition) is 1. The van der Waals surface area contributed by atoms with Crippen LogP contribution in [0.3, 0.4) is 0 Å². The van der Waals surface area contributed by atoms with Crippen LogP contribution in [0.5, 0.6) is 0 Å². The molecule has 1 heterocycles. The number of nitro benzene ring substituents is 1. The highest BCUT2D eigenvalue weighted by Gasteiger charge is 2.16. The first-order chi connectivity index (χ1) is 12.0. The quantitative estimate of drug-likeness (QED) is 0.574. The van der Waals surface area contributed by atoms with E-state index in [2.05, 4.69) is 10.4 Å². The molecule has 0 saturated carbocycles. The zero-order valence-electron chi connectivity index (χ0n) is 13.7. The SMILES string of the molecule is Cc1nn(-c2ccccc2)c(C)c1Nc1ccc([N+](=O)[O-])cc1C#N. The number of hydrogen-bond acceptors (Lipinski definition) is 5. The van der Waals surface area contributed by atoms with Gasteiger partial charge in [-0.25, -0.2) is 4.68 Å². The normalized spacial score (nSPS) is 10.3. The molecule has 7 heteroatoms. The van der Waals surface area contributed by atoms with Gasteiger partial charge in [0.25, 0.3) is 5.69 Å². The summed E-state index contributed by atoms with van der Waals surface area (Å²) in [5, 5.41) is 27.9. The standard InChI is InChI=1S/C18H15N5O2/c1-12-18(13(2)22(21-12)15-6-4-3-5-7-15)20-17-9-8-16(23(24)25)10-14(17)11-19/h3-10,20H,1-2H3. The average molecular weight is 333 g/mol. The highest BCUT2D eigenvalue weighted by atomic mass is 16.6. The van der Waals surface area contributed by atoms with E-state index < -0.39 is 4.92 Å². The molecule has 0 bridgehead atoms. The van der Waals surface area contributed by atoms with Crippen molar-refractivity contribution in [2.45, 2.75) is 13.8 Å². The van der Waals surface area contributed by atoms with Crippen molar-refractivity contribution < 1.29 is 4.92 Å². The summed E-state index contributed by atoms with van der Waals surface area (Å²) < 4.78 is 1.81. The van der Waals surface area contributed by atoms with Crippen molar-refractivity contribution >= 4 is 17.1 Å². The van der Waals surface area contributed by atoms with Crippen LogP contribution < -0.4 is 5.32 Å². The molecule has 25 heavy (non-hydrogen) atoms. The Hall–Kier alpha value is -3.66. The van der Waals surface area contributed by atoms with Crippen LogP contribution in [0.15, 0.2) is 48.5 Å². The Kier molecular flexibility index (Phi) is 4.18. The number of non-ortho nitro benzene ring substituents is 1. The number of anilines is 2. The van der Waals surface area contributed by atoms with Gasteiger partial charge in [-0.3, -0.25) is 10.1 Å². The molecule has 3 aromatic rings. The summed E-state index contributed by atoms with van der Waals surface area (Å²) in [6.07, 6.45) is 0. The highest BCUT2D eigenvalue weighted by Crippen LogP contribution is 2.29. The molecular formula is C18H15N5O2. The maximum Gasteiger partial charge on any atom is 0.270 e. The number of nitrogens with one attached hydrogen (secondary N) is 1. The third-order valence-corrected chi connectivity index (χ3v) is 3.89. The molecular weight excluding hydrogens is 318 g/mol. The van der Waals surface area contributed by atoms with Crippen LogP contribution in [0.25, 0.3) is 5.69 Å². The molecule has 0 aliphatic rings. The number of nitriles is 1. The average Bonchev–Trinajstić information content (AvgIpc) is 2.90. The van der Waals surface area contributed by atoms with Gasteiger partial charge in [0.2, 0.25) is 0 Å². The van der Waals surface area contributed by atoms with Crippen molar-refractivity contribution in [3.63, 3.8) is 0 Å². The molecule has 2 aromatic carbocycles. The van der Waals surface area contributed by atoms with Gasteiger partial charge in [-0.2, -0.15) is 10.4 Å². The maximum atomic E-state index is 10.9. The fraction of sp³-hybridized carbons (Fsp3) is 0.111. The van der Waals surface area contributed by atoms with Crippen LogP contribution in [-0.4, -0.2) is 14.7 Å². The number of benzene rings is 2. The van der Waals surface area contributed by atoms with Crippen LogP contribution in [0.2, 0.25) is 0 Å². The van der Waals surface area contributed by atoms with Crippen LogP contribution in [0.4, 0.5) is 17.1 Å². The summed E-state index contributed by atoms with van der Waals surface area (Å²) in [6, 6.07) is 15.9. The fourth-order valence-corrected chi connectivity index (χ4v) is 2.63. The lowest BCUT2D eigenvalue weighted by atomic mass is 10.1. The summed E-state index contributed by atoms with van der Waals surface area (Å²) in [7, 11) is 0. The Morgan fingerprint density at radius 2 is 1.92 bits per heavy atom. The van der Waals surface area contributed by atoms with Crippen molar-refractivity contribution in [3.8, 4) is 11.8 Å². The molecule has 1 N–H and O–H groups in total. The minimum atomic E-state index is -0.519. The molecule has 1 aromatic heterocycles. The van der Waals surface area contributed by atoms with Gasteiger partial charge in [0.15, 0.2) is 0 Å². The molecule has 0 aliphatic heterocycles. The second kappa shape index (κ2) is 6.45. The largest absolute Gasteiger partial charge is 0.351 e. The Morgan fingerprint density at radius 3 is 2.56 bits per heavy atom. The van der Waals surface area contributed by atoms with Gasteiger partial charge in [-0.1, -0.05) is 18.2 Å². The van der Waals surface area contributed by atoms with E-state index in [9.17, 15) is 15.4 Å². The monoisotopic (exact) mass is 333 g/mol. The zero-order chi connectivity index (χ0) is 18.0. The zero-order valence-corrected chi connectivity index (χ0v) is 13.7. The Balaban J connectivity index is 2.01. The van der Waals surface area contributed by atoms with Gasteiger partial charge >= 0.3 is 0 Å². The summed E-state index contributed by atoms with van der Waals surface area (Å²) in [6.45, 7) is 3.79. The van der Waals surface area contributed by atoms with Crippen LogP contribution in [0, 0.1) is 35.3 Å². The van der Waals surface area contributed by atoms with Gasteiger partial charge in [-0.05, 0) is 32.0 Å². The Morgan fingerprint density at radius 1 is 1.20 bits per heavy atom. The molecule has 0 amide bonds. The summed E-state index contributed by atoms with van der Waals surface area (Å²) in [5.41, 5.74) is 3.95. The third kappa shape index (κ3) is 3.05. The first-order valence-electron chi connectivity index (χ1n) is 7.58.